The van der Waals surface area contributed by atoms with Crippen LogP contribution in [0.5, 0.6) is 0 Å². The average molecular weight is 270 g/mol. The van der Waals surface area contributed by atoms with Gasteiger partial charge in [-0.3, -0.25) is 0 Å². The molecule has 2 unspecified atom stereocenters. The zero-order chi connectivity index (χ0) is 11.9. The van der Waals surface area contributed by atoms with Gasteiger partial charge in [-0.2, -0.15) is 13.2 Å². The number of alkyl halides is 3. The molecule has 0 aliphatic heterocycles. The molecule has 1 aliphatic rings. The predicted octanol–water partition coefficient (Wildman–Crippen LogP) is -2.02. The molecule has 90 valence electrons. The van der Waals surface area contributed by atoms with Crippen LogP contribution in [0.25, 0.3) is 0 Å². The molecule has 9 heteroatoms. The van der Waals surface area contributed by atoms with Crippen molar-refractivity contribution < 1.29 is 60.8 Å². The second-order valence-electron chi connectivity index (χ2n) is 3.74. The molecule has 1 fully saturated rings. The quantitative estimate of drug-likeness (QED) is 0.440. The molecule has 16 heavy (non-hydrogen) atoms. The summed E-state index contributed by atoms with van der Waals surface area (Å²) < 4.78 is 68.6. The van der Waals surface area contributed by atoms with Crippen molar-refractivity contribution in [3.63, 3.8) is 0 Å². The van der Waals surface area contributed by atoms with E-state index in [1.807, 2.05) is 0 Å². The van der Waals surface area contributed by atoms with Gasteiger partial charge in [0.2, 0.25) is 0 Å². The van der Waals surface area contributed by atoms with Gasteiger partial charge in [0.15, 0.2) is 4.93 Å². The van der Waals surface area contributed by atoms with Gasteiger partial charge in [0, 0.05) is 6.42 Å². The number of hydrogen-bond donors (Lipinski definition) is 1. The Morgan fingerprint density at radius 3 is 2.25 bits per heavy atom. The van der Waals surface area contributed by atoms with Crippen LogP contribution >= 0.6 is 0 Å². The van der Waals surface area contributed by atoms with Crippen molar-refractivity contribution in [2.75, 3.05) is 0 Å². The first-order valence-electron chi connectivity index (χ1n) is 4.31. The minimum atomic E-state index is -5.11. The molecule has 0 bridgehead atoms. The van der Waals surface area contributed by atoms with E-state index in [4.69, 9.17) is 0 Å². The summed E-state index contributed by atoms with van der Waals surface area (Å²) in [5, 5.41) is 9.34. The van der Waals surface area contributed by atoms with Crippen LogP contribution in [0.1, 0.15) is 25.7 Å². The number of hydrogen-bond acceptors (Lipinski definition) is 4. The Hall–Kier alpha value is 0.660. The largest absolute Gasteiger partial charge is 1.00 e. The molecule has 2 atom stereocenters. The van der Waals surface area contributed by atoms with Crippen LogP contribution in [0.2, 0.25) is 0 Å². The Labute approximate surface area is 113 Å². The van der Waals surface area contributed by atoms with Crippen molar-refractivity contribution in [3.05, 3.63) is 0 Å². The predicted molar refractivity (Wildman–Crippen MR) is 42.7 cm³/mol. The number of rotatable bonds is 1. The fraction of sp³-hybridized carbons (Fsp3) is 1.00. The van der Waals surface area contributed by atoms with Crippen molar-refractivity contribution >= 4 is 10.1 Å². The molecule has 1 aliphatic carbocycles. The molecule has 0 aromatic heterocycles. The standard InChI is InChI=1S/C7H11F3O4S.Na/c8-7(9,10)5-2-1-3-6(11,4-5)15(12,13)14;/h5,11H,1-4H2,(H,12,13,14);/q;+1/p-1. The van der Waals surface area contributed by atoms with E-state index in [0.717, 1.165) is 0 Å². The molecule has 0 amide bonds. The Bertz CT molecular complexity index is 342. The third kappa shape index (κ3) is 3.58. The van der Waals surface area contributed by atoms with Crippen molar-refractivity contribution in [2.45, 2.75) is 36.8 Å². The van der Waals surface area contributed by atoms with Crippen LogP contribution in [-0.2, 0) is 10.1 Å². The first kappa shape index (κ1) is 16.7. The van der Waals surface area contributed by atoms with Crippen LogP contribution in [0.3, 0.4) is 0 Å². The third-order valence-corrected chi connectivity index (χ3v) is 3.92. The zero-order valence-electron chi connectivity index (χ0n) is 8.62. The van der Waals surface area contributed by atoms with Gasteiger partial charge < -0.3 is 9.66 Å². The normalized spacial score (nSPS) is 31.9. The first-order chi connectivity index (χ1) is 6.56. The van der Waals surface area contributed by atoms with Gasteiger partial charge >= 0.3 is 35.7 Å². The molecule has 0 heterocycles. The topological polar surface area (TPSA) is 77.4 Å². The van der Waals surface area contributed by atoms with Gasteiger partial charge in [0.05, 0.1) is 5.92 Å². The van der Waals surface area contributed by atoms with Crippen LogP contribution in [0.15, 0.2) is 0 Å². The zero-order valence-corrected chi connectivity index (χ0v) is 11.4. The second-order valence-corrected chi connectivity index (χ2v) is 5.40. The average Bonchev–Trinajstić information content (AvgIpc) is 2.00. The van der Waals surface area contributed by atoms with Gasteiger partial charge in [0.25, 0.3) is 0 Å². The van der Waals surface area contributed by atoms with Crippen LogP contribution < -0.4 is 29.6 Å². The molecule has 1 N–H and O–H groups in total. The molecule has 1 saturated carbocycles. The molecular formula is C7H10F3NaO4S. The maximum absolute atomic E-state index is 12.3. The van der Waals surface area contributed by atoms with E-state index in [-0.39, 0.29) is 42.4 Å². The Morgan fingerprint density at radius 1 is 1.38 bits per heavy atom. The fourth-order valence-corrected chi connectivity index (χ4v) is 2.52. The molecule has 0 radical (unpaired) electrons. The van der Waals surface area contributed by atoms with E-state index < -0.39 is 40.0 Å². The van der Waals surface area contributed by atoms with Gasteiger partial charge in [0.1, 0.15) is 10.1 Å². The van der Waals surface area contributed by atoms with E-state index >= 15 is 0 Å². The van der Waals surface area contributed by atoms with Gasteiger partial charge in [-0.1, -0.05) is 0 Å². The molecule has 0 spiro atoms. The maximum atomic E-state index is 12.3. The van der Waals surface area contributed by atoms with E-state index in [0.29, 0.717) is 0 Å². The molecule has 0 aromatic carbocycles. The molecule has 1 rings (SSSR count). The SMILES string of the molecule is O=S(=O)([O-])C1(O)CCCC(C(F)(F)F)C1.[Na+]. The van der Waals surface area contributed by atoms with Crippen LogP contribution in [0.4, 0.5) is 13.2 Å². The number of halogens is 3. The van der Waals surface area contributed by atoms with Crippen LogP contribution in [-0.4, -0.2) is 29.2 Å². The summed E-state index contributed by atoms with van der Waals surface area (Å²) in [5.41, 5.74) is 0. The Kier molecular flexibility index (Phi) is 5.32. The first-order valence-corrected chi connectivity index (χ1v) is 5.72. The molecule has 0 saturated heterocycles. The van der Waals surface area contributed by atoms with E-state index in [9.17, 15) is 31.2 Å². The van der Waals surface area contributed by atoms with E-state index in [1.54, 1.807) is 0 Å². The van der Waals surface area contributed by atoms with E-state index in [2.05, 4.69) is 0 Å². The monoisotopic (exact) mass is 270 g/mol. The van der Waals surface area contributed by atoms with Crippen LogP contribution in [0, 0.1) is 5.92 Å². The van der Waals surface area contributed by atoms with Crippen molar-refractivity contribution in [1.82, 2.24) is 0 Å². The Morgan fingerprint density at radius 2 is 1.88 bits per heavy atom. The summed E-state index contributed by atoms with van der Waals surface area (Å²) in [6, 6.07) is 0. The fourth-order valence-electron chi connectivity index (χ4n) is 1.72. The molecule has 0 aromatic rings. The van der Waals surface area contributed by atoms with Gasteiger partial charge in [-0.05, 0) is 19.3 Å². The molecular weight excluding hydrogens is 260 g/mol. The van der Waals surface area contributed by atoms with Gasteiger partial charge in [-0.15, -0.1) is 0 Å². The summed E-state index contributed by atoms with van der Waals surface area (Å²) in [6.45, 7) is 0. The minimum absolute atomic E-state index is 0. The van der Waals surface area contributed by atoms with Crippen molar-refractivity contribution in [2.24, 2.45) is 5.92 Å². The summed E-state index contributed by atoms with van der Waals surface area (Å²) >= 11 is 0. The number of aliphatic hydroxyl groups is 1. The second kappa shape index (κ2) is 5.11. The van der Waals surface area contributed by atoms with Gasteiger partial charge in [-0.25, -0.2) is 8.42 Å². The summed E-state index contributed by atoms with van der Waals surface area (Å²) in [6.07, 6.45) is -6.42. The minimum Gasteiger partial charge on any atom is -0.746 e. The smallest absolute Gasteiger partial charge is 0.746 e. The molecule has 4 nitrogen and oxygen atoms in total. The Balaban J connectivity index is 0.00000225. The third-order valence-electron chi connectivity index (χ3n) is 2.61. The summed E-state index contributed by atoms with van der Waals surface area (Å²) in [4.78, 5) is -2.76. The summed E-state index contributed by atoms with van der Waals surface area (Å²) in [5.74, 6) is -1.92. The maximum Gasteiger partial charge on any atom is 1.00 e. The van der Waals surface area contributed by atoms with E-state index in [1.165, 1.54) is 0 Å². The van der Waals surface area contributed by atoms with Crippen molar-refractivity contribution in [3.8, 4) is 0 Å². The summed E-state index contributed by atoms with van der Waals surface area (Å²) in [7, 11) is -5.11. The van der Waals surface area contributed by atoms with Crippen molar-refractivity contribution in [1.29, 1.82) is 0 Å².